The molecule has 2 aromatic rings. The highest BCUT2D eigenvalue weighted by Gasteiger charge is 2.09. The average molecular weight is 357 g/mol. The van der Waals surface area contributed by atoms with Gasteiger partial charge in [-0.2, -0.15) is 0 Å². The number of hydrogen-bond acceptors (Lipinski definition) is 2. The van der Waals surface area contributed by atoms with Gasteiger partial charge in [0.05, 0.1) is 0 Å². The van der Waals surface area contributed by atoms with E-state index in [1.165, 1.54) is 18.9 Å². The van der Waals surface area contributed by atoms with Crippen LogP contribution in [0, 0.1) is 3.57 Å². The quantitative estimate of drug-likeness (QED) is 0.780. The van der Waals surface area contributed by atoms with Gasteiger partial charge < -0.3 is 5.73 Å². The number of rotatable bonds is 4. The van der Waals surface area contributed by atoms with E-state index in [0.717, 1.165) is 12.8 Å². The van der Waals surface area contributed by atoms with Crippen molar-refractivity contribution >= 4 is 33.9 Å². The van der Waals surface area contributed by atoms with Gasteiger partial charge in [0.2, 0.25) is 0 Å². The minimum Gasteiger partial charge on any atom is -0.323 e. The Morgan fingerprint density at radius 3 is 2.82 bits per heavy atom. The van der Waals surface area contributed by atoms with Crippen molar-refractivity contribution in [3.63, 3.8) is 0 Å². The van der Waals surface area contributed by atoms with Crippen molar-refractivity contribution in [3.05, 3.63) is 44.8 Å². The van der Waals surface area contributed by atoms with Crippen molar-refractivity contribution in [2.45, 2.75) is 25.8 Å². The van der Waals surface area contributed by atoms with Crippen LogP contribution in [0.5, 0.6) is 0 Å². The Kier molecular flexibility index (Phi) is 4.59. The van der Waals surface area contributed by atoms with E-state index >= 15 is 0 Å². The fourth-order valence-corrected chi connectivity index (χ4v) is 3.39. The Labute approximate surface area is 120 Å². The molecule has 0 saturated heterocycles. The Bertz CT molecular complexity index is 492. The molecule has 1 unspecified atom stereocenters. The van der Waals surface area contributed by atoms with E-state index in [9.17, 15) is 0 Å². The van der Waals surface area contributed by atoms with Gasteiger partial charge in [-0.1, -0.05) is 25.5 Å². The van der Waals surface area contributed by atoms with Crippen molar-refractivity contribution in [3.8, 4) is 10.4 Å². The molecule has 0 aliphatic rings. The molecule has 1 atom stereocenters. The van der Waals surface area contributed by atoms with Gasteiger partial charge in [-0.15, -0.1) is 11.3 Å². The van der Waals surface area contributed by atoms with Crippen LogP contribution in [0.25, 0.3) is 10.4 Å². The molecule has 1 aromatic heterocycles. The predicted molar refractivity (Wildman–Crippen MR) is 84.3 cm³/mol. The molecule has 0 radical (unpaired) electrons. The van der Waals surface area contributed by atoms with E-state index in [1.54, 1.807) is 0 Å². The van der Waals surface area contributed by atoms with Crippen LogP contribution in [-0.2, 0) is 0 Å². The highest BCUT2D eigenvalue weighted by molar-refractivity contribution is 14.1. The van der Waals surface area contributed by atoms with Crippen LogP contribution in [0.15, 0.2) is 36.4 Å². The molecule has 0 fully saturated rings. The van der Waals surface area contributed by atoms with Gasteiger partial charge in [0, 0.05) is 19.4 Å². The van der Waals surface area contributed by atoms with E-state index in [1.807, 2.05) is 11.3 Å². The minimum absolute atomic E-state index is 0.196. The number of nitrogens with two attached hydrogens (primary N) is 1. The molecule has 1 nitrogen and oxygen atoms in total. The number of halogens is 1. The summed E-state index contributed by atoms with van der Waals surface area (Å²) in [7, 11) is 0. The summed E-state index contributed by atoms with van der Waals surface area (Å²) in [6.45, 7) is 2.17. The second-order valence-electron chi connectivity index (χ2n) is 4.11. The summed E-state index contributed by atoms with van der Waals surface area (Å²) in [5.74, 6) is 0. The second-order valence-corrected chi connectivity index (χ2v) is 6.47. The van der Waals surface area contributed by atoms with Crippen molar-refractivity contribution in [2.75, 3.05) is 0 Å². The maximum atomic E-state index is 6.14. The van der Waals surface area contributed by atoms with Gasteiger partial charge >= 0.3 is 0 Å². The molecule has 0 aliphatic heterocycles. The Balaban J connectivity index is 2.23. The monoisotopic (exact) mass is 357 g/mol. The Morgan fingerprint density at radius 1 is 1.29 bits per heavy atom. The summed E-state index contributed by atoms with van der Waals surface area (Å²) in [5.41, 5.74) is 7.42. The van der Waals surface area contributed by atoms with Gasteiger partial charge in [0.25, 0.3) is 0 Å². The number of benzene rings is 1. The fraction of sp³-hybridized carbons (Fsp3) is 0.286. The van der Waals surface area contributed by atoms with Crippen LogP contribution in [-0.4, -0.2) is 0 Å². The first-order chi connectivity index (χ1) is 8.20. The first kappa shape index (κ1) is 13.1. The van der Waals surface area contributed by atoms with Gasteiger partial charge in [0.1, 0.15) is 0 Å². The van der Waals surface area contributed by atoms with Gasteiger partial charge in [0.15, 0.2) is 0 Å². The number of hydrogen-bond donors (Lipinski definition) is 1. The Morgan fingerprint density at radius 2 is 2.12 bits per heavy atom. The molecular weight excluding hydrogens is 341 g/mol. The molecule has 1 heterocycles. The van der Waals surface area contributed by atoms with E-state index in [4.69, 9.17) is 5.73 Å². The zero-order valence-electron chi connectivity index (χ0n) is 9.82. The summed E-state index contributed by atoms with van der Waals surface area (Å²) < 4.78 is 1.27. The molecule has 3 heteroatoms. The molecule has 0 bridgehead atoms. The highest BCUT2D eigenvalue weighted by atomic mass is 127. The zero-order valence-corrected chi connectivity index (χ0v) is 12.8. The lowest BCUT2D eigenvalue weighted by Gasteiger charge is -2.06. The first-order valence-electron chi connectivity index (χ1n) is 5.82. The second kappa shape index (κ2) is 5.98. The third kappa shape index (κ3) is 3.30. The van der Waals surface area contributed by atoms with Crippen molar-refractivity contribution in [2.24, 2.45) is 5.73 Å². The number of thiophene rings is 1. The average Bonchev–Trinajstić information content (AvgIpc) is 2.78. The largest absolute Gasteiger partial charge is 0.323 e. The van der Waals surface area contributed by atoms with Crippen LogP contribution in [0.3, 0.4) is 0 Å². The lowest BCUT2D eigenvalue weighted by Crippen LogP contribution is -2.07. The maximum absolute atomic E-state index is 6.14. The van der Waals surface area contributed by atoms with Crippen LogP contribution < -0.4 is 5.73 Å². The Hall–Kier alpha value is -0.390. The molecule has 0 aliphatic carbocycles. The molecule has 1 aromatic carbocycles. The topological polar surface area (TPSA) is 26.0 Å². The maximum Gasteiger partial charge on any atom is 0.0389 e. The van der Waals surface area contributed by atoms with Crippen LogP contribution in [0.4, 0.5) is 0 Å². The summed E-state index contributed by atoms with van der Waals surface area (Å²) in [6.07, 6.45) is 2.20. The van der Waals surface area contributed by atoms with Crippen molar-refractivity contribution in [1.82, 2.24) is 0 Å². The molecule has 0 amide bonds. The standard InChI is InChI=1S/C14H16INS/c1-2-4-12(16)14-8-7-13(17-14)10-5-3-6-11(15)9-10/h3,5-9,12H,2,4,16H2,1H3. The van der Waals surface area contributed by atoms with Gasteiger partial charge in [-0.05, 0) is 58.8 Å². The predicted octanol–water partition coefficient (Wildman–Crippen LogP) is 4.82. The molecule has 0 saturated carbocycles. The summed E-state index contributed by atoms with van der Waals surface area (Å²) in [5, 5.41) is 0. The van der Waals surface area contributed by atoms with Crippen LogP contribution in [0.2, 0.25) is 0 Å². The van der Waals surface area contributed by atoms with Gasteiger partial charge in [-0.25, -0.2) is 0 Å². The van der Waals surface area contributed by atoms with Crippen molar-refractivity contribution in [1.29, 1.82) is 0 Å². The third-order valence-corrected chi connectivity index (χ3v) is 4.64. The molecule has 17 heavy (non-hydrogen) atoms. The van der Waals surface area contributed by atoms with Gasteiger partial charge in [-0.3, -0.25) is 0 Å². The normalized spacial score (nSPS) is 12.6. The van der Waals surface area contributed by atoms with Crippen molar-refractivity contribution < 1.29 is 0 Å². The molecule has 0 spiro atoms. The smallest absolute Gasteiger partial charge is 0.0389 e. The molecule has 2 rings (SSSR count). The lowest BCUT2D eigenvalue weighted by molar-refractivity contribution is 0.648. The van der Waals surface area contributed by atoms with E-state index in [2.05, 4.69) is 65.9 Å². The molecule has 90 valence electrons. The fourth-order valence-electron chi connectivity index (χ4n) is 1.80. The zero-order chi connectivity index (χ0) is 12.3. The summed E-state index contributed by atoms with van der Waals surface area (Å²) in [4.78, 5) is 2.60. The SMILES string of the molecule is CCCC(N)c1ccc(-c2cccc(I)c2)s1. The van der Waals surface area contributed by atoms with E-state index in [0.29, 0.717) is 0 Å². The molecule has 2 N–H and O–H groups in total. The van der Waals surface area contributed by atoms with E-state index < -0.39 is 0 Å². The lowest BCUT2D eigenvalue weighted by atomic mass is 10.1. The van der Waals surface area contributed by atoms with Crippen LogP contribution in [0.1, 0.15) is 30.7 Å². The molecular formula is C14H16INS. The summed E-state index contributed by atoms with van der Waals surface area (Å²) >= 11 is 4.16. The third-order valence-electron chi connectivity index (χ3n) is 2.70. The summed E-state index contributed by atoms with van der Waals surface area (Å²) in [6, 6.07) is 13.1. The van der Waals surface area contributed by atoms with Crippen LogP contribution >= 0.6 is 33.9 Å². The highest BCUT2D eigenvalue weighted by Crippen LogP contribution is 2.32. The first-order valence-corrected chi connectivity index (χ1v) is 7.71. The minimum atomic E-state index is 0.196. The van der Waals surface area contributed by atoms with E-state index in [-0.39, 0.29) is 6.04 Å².